The second kappa shape index (κ2) is 5.43. The lowest BCUT2D eigenvalue weighted by Crippen LogP contribution is -2.16. The van der Waals surface area contributed by atoms with Gasteiger partial charge < -0.3 is 9.14 Å². The van der Waals surface area contributed by atoms with Gasteiger partial charge in [0.15, 0.2) is 0 Å². The Labute approximate surface area is 131 Å². The first-order valence-electron chi connectivity index (χ1n) is 6.54. The zero-order valence-corrected chi connectivity index (χ0v) is 11.7. The van der Waals surface area contributed by atoms with Gasteiger partial charge in [-0.3, -0.25) is 0 Å². The molecule has 3 aromatic rings. The van der Waals surface area contributed by atoms with Crippen LogP contribution in [0.3, 0.4) is 0 Å². The van der Waals surface area contributed by atoms with Gasteiger partial charge in [-0.1, -0.05) is 0 Å². The van der Waals surface area contributed by atoms with Crippen molar-refractivity contribution in [2.75, 3.05) is 0 Å². The number of pyridine rings is 1. The molecule has 3 nitrogen and oxygen atoms in total. The summed E-state index contributed by atoms with van der Waals surface area (Å²) in [6.07, 6.45) is -7.01. The molecule has 0 spiro atoms. The van der Waals surface area contributed by atoms with Crippen LogP contribution >= 0.6 is 0 Å². The predicted molar refractivity (Wildman–Crippen MR) is 72.3 cm³/mol. The van der Waals surface area contributed by atoms with Gasteiger partial charge in [0, 0.05) is 18.0 Å². The number of rotatable bonds is 2. The van der Waals surface area contributed by atoms with Crippen LogP contribution in [0, 0.1) is 0 Å². The van der Waals surface area contributed by atoms with Gasteiger partial charge in [-0.15, -0.1) is 13.2 Å². The SMILES string of the molecule is FC(F)(F)Oc1ccc(-c2cn3cc(C(F)(F)F)ccc3n2)cc1. The summed E-state index contributed by atoms with van der Waals surface area (Å²) in [6.45, 7) is 0. The van der Waals surface area contributed by atoms with Crippen LogP contribution in [0.1, 0.15) is 5.56 Å². The topological polar surface area (TPSA) is 26.5 Å². The summed E-state index contributed by atoms with van der Waals surface area (Å²) in [6, 6.07) is 7.02. The minimum Gasteiger partial charge on any atom is -0.406 e. The lowest BCUT2D eigenvalue weighted by molar-refractivity contribution is -0.274. The minimum atomic E-state index is -4.79. The summed E-state index contributed by atoms with van der Waals surface area (Å²) < 4.78 is 79.3. The van der Waals surface area contributed by atoms with Crippen LogP contribution in [0.25, 0.3) is 16.9 Å². The second-order valence-corrected chi connectivity index (χ2v) is 4.88. The van der Waals surface area contributed by atoms with E-state index in [1.54, 1.807) is 0 Å². The molecule has 0 saturated carbocycles. The summed E-state index contributed by atoms with van der Waals surface area (Å²) >= 11 is 0. The molecule has 1 aromatic carbocycles. The quantitative estimate of drug-likeness (QED) is 0.616. The van der Waals surface area contributed by atoms with Crippen LogP contribution < -0.4 is 4.74 Å². The maximum absolute atomic E-state index is 12.7. The number of fused-ring (bicyclic) bond motifs is 1. The Morgan fingerprint density at radius 2 is 1.50 bits per heavy atom. The number of imidazole rings is 1. The third kappa shape index (κ3) is 3.44. The van der Waals surface area contributed by atoms with Gasteiger partial charge in [-0.2, -0.15) is 13.2 Å². The van der Waals surface area contributed by atoms with Crippen molar-refractivity contribution in [3.05, 3.63) is 54.4 Å². The molecule has 0 N–H and O–H groups in total. The molecule has 3 rings (SSSR count). The molecule has 2 aromatic heterocycles. The monoisotopic (exact) mass is 346 g/mol. The Balaban J connectivity index is 1.92. The van der Waals surface area contributed by atoms with Gasteiger partial charge in [0.05, 0.1) is 11.3 Å². The van der Waals surface area contributed by atoms with E-state index >= 15 is 0 Å². The fraction of sp³-hybridized carbons (Fsp3) is 0.133. The van der Waals surface area contributed by atoms with E-state index in [1.807, 2.05) is 0 Å². The Morgan fingerprint density at radius 3 is 2.08 bits per heavy atom. The van der Waals surface area contributed by atoms with Crippen molar-refractivity contribution in [2.45, 2.75) is 12.5 Å². The highest BCUT2D eigenvalue weighted by atomic mass is 19.4. The lowest BCUT2D eigenvalue weighted by Gasteiger charge is -2.08. The summed E-state index contributed by atoms with van der Waals surface area (Å²) in [5.41, 5.74) is 0.233. The fourth-order valence-corrected chi connectivity index (χ4v) is 2.13. The fourth-order valence-electron chi connectivity index (χ4n) is 2.13. The van der Waals surface area contributed by atoms with Gasteiger partial charge in [0.25, 0.3) is 0 Å². The highest BCUT2D eigenvalue weighted by Gasteiger charge is 2.31. The van der Waals surface area contributed by atoms with Gasteiger partial charge in [-0.25, -0.2) is 4.98 Å². The number of ether oxygens (including phenoxy) is 1. The van der Waals surface area contributed by atoms with Crippen molar-refractivity contribution in [3.63, 3.8) is 0 Å². The maximum atomic E-state index is 12.7. The molecule has 0 saturated heterocycles. The Hall–Kier alpha value is -2.71. The number of benzene rings is 1. The van der Waals surface area contributed by atoms with E-state index in [1.165, 1.54) is 28.8 Å². The third-order valence-electron chi connectivity index (χ3n) is 3.16. The van der Waals surface area contributed by atoms with Crippen LogP contribution in [0.2, 0.25) is 0 Å². The molecule has 0 fully saturated rings. The largest absolute Gasteiger partial charge is 0.573 e. The van der Waals surface area contributed by atoms with Crippen LogP contribution in [0.15, 0.2) is 48.8 Å². The van der Waals surface area contributed by atoms with E-state index in [4.69, 9.17) is 0 Å². The zero-order chi connectivity index (χ0) is 17.5. The first-order valence-corrected chi connectivity index (χ1v) is 6.54. The van der Waals surface area contributed by atoms with Crippen LogP contribution in [-0.4, -0.2) is 15.7 Å². The minimum absolute atomic E-state index is 0.286. The predicted octanol–water partition coefficient (Wildman–Crippen LogP) is 4.92. The lowest BCUT2D eigenvalue weighted by atomic mass is 10.2. The van der Waals surface area contributed by atoms with Crippen molar-refractivity contribution in [1.29, 1.82) is 0 Å². The van der Waals surface area contributed by atoms with Gasteiger partial charge in [0.2, 0.25) is 0 Å². The van der Waals surface area contributed by atoms with E-state index in [0.717, 1.165) is 24.4 Å². The smallest absolute Gasteiger partial charge is 0.406 e. The third-order valence-corrected chi connectivity index (χ3v) is 3.16. The van der Waals surface area contributed by atoms with Crippen LogP contribution in [0.4, 0.5) is 26.3 Å². The number of hydrogen-bond donors (Lipinski definition) is 0. The van der Waals surface area contributed by atoms with Crippen molar-refractivity contribution in [2.24, 2.45) is 0 Å². The van der Waals surface area contributed by atoms with Gasteiger partial charge in [-0.05, 0) is 36.4 Å². The molecule has 0 aliphatic rings. The first kappa shape index (κ1) is 16.2. The first-order chi connectivity index (χ1) is 11.1. The standard InChI is InChI=1S/C15H8F6N2O/c16-14(17,18)10-3-6-13-22-12(8-23(13)7-10)9-1-4-11(5-2-9)24-15(19,20)21/h1-8H. The molecule has 0 radical (unpaired) electrons. The normalized spacial score (nSPS) is 12.6. The maximum Gasteiger partial charge on any atom is 0.573 e. The highest BCUT2D eigenvalue weighted by Crippen LogP contribution is 2.30. The molecule has 9 heteroatoms. The average molecular weight is 346 g/mol. The Morgan fingerprint density at radius 1 is 0.833 bits per heavy atom. The second-order valence-electron chi connectivity index (χ2n) is 4.88. The molecule has 0 amide bonds. The number of nitrogens with zero attached hydrogens (tertiary/aromatic N) is 2. The molecule has 0 aliphatic carbocycles. The van der Waals surface area contributed by atoms with E-state index in [-0.39, 0.29) is 5.65 Å². The van der Waals surface area contributed by atoms with E-state index in [9.17, 15) is 26.3 Å². The van der Waals surface area contributed by atoms with Crippen molar-refractivity contribution < 1.29 is 31.1 Å². The number of alkyl halides is 6. The molecule has 126 valence electrons. The summed E-state index contributed by atoms with van der Waals surface area (Å²) in [5, 5.41) is 0. The Kier molecular flexibility index (Phi) is 3.66. The van der Waals surface area contributed by atoms with Crippen molar-refractivity contribution >= 4 is 5.65 Å². The van der Waals surface area contributed by atoms with E-state index in [2.05, 4.69) is 9.72 Å². The van der Waals surface area contributed by atoms with Crippen LogP contribution in [-0.2, 0) is 6.18 Å². The zero-order valence-electron chi connectivity index (χ0n) is 11.7. The molecule has 0 atom stereocenters. The summed E-state index contributed by atoms with van der Waals surface area (Å²) in [4.78, 5) is 4.14. The molecule has 24 heavy (non-hydrogen) atoms. The van der Waals surface area contributed by atoms with Crippen LogP contribution in [0.5, 0.6) is 5.75 Å². The Bertz CT molecular complexity index is 864. The number of aromatic nitrogens is 2. The van der Waals surface area contributed by atoms with E-state index < -0.39 is 23.9 Å². The highest BCUT2D eigenvalue weighted by molar-refractivity contribution is 5.63. The summed E-state index contributed by atoms with van der Waals surface area (Å²) in [7, 11) is 0. The number of halogens is 6. The molecule has 2 heterocycles. The number of hydrogen-bond acceptors (Lipinski definition) is 2. The van der Waals surface area contributed by atoms with Crippen molar-refractivity contribution in [3.8, 4) is 17.0 Å². The van der Waals surface area contributed by atoms with E-state index in [0.29, 0.717) is 11.3 Å². The summed E-state index contributed by atoms with van der Waals surface area (Å²) in [5.74, 6) is -0.394. The molecule has 0 unspecified atom stereocenters. The van der Waals surface area contributed by atoms with Gasteiger partial charge in [0.1, 0.15) is 11.4 Å². The molecule has 0 aliphatic heterocycles. The van der Waals surface area contributed by atoms with Crippen molar-refractivity contribution in [1.82, 2.24) is 9.38 Å². The van der Waals surface area contributed by atoms with Gasteiger partial charge >= 0.3 is 12.5 Å². The molecular formula is C15H8F6N2O. The molecule has 0 bridgehead atoms. The molecular weight excluding hydrogens is 338 g/mol. The average Bonchev–Trinajstić information content (AvgIpc) is 2.88.